The van der Waals surface area contributed by atoms with Gasteiger partial charge in [0.05, 0.1) is 54.9 Å². The van der Waals surface area contributed by atoms with Crippen molar-refractivity contribution in [2.45, 2.75) is 68.9 Å². The zero-order valence-electron chi connectivity index (χ0n) is 34.2. The minimum absolute atomic E-state index is 0.0394. The molecule has 0 spiro atoms. The van der Waals surface area contributed by atoms with Crippen LogP contribution in [0, 0.1) is 11.7 Å². The van der Waals surface area contributed by atoms with E-state index < -0.39 is 29.2 Å². The van der Waals surface area contributed by atoms with E-state index in [1.165, 1.54) is 13.1 Å². The normalized spacial score (nSPS) is 16.2. The molecule has 0 saturated carbocycles. The third-order valence-electron chi connectivity index (χ3n) is 10.4. The van der Waals surface area contributed by atoms with Gasteiger partial charge >= 0.3 is 0 Å². The quantitative estimate of drug-likeness (QED) is 0.0792. The van der Waals surface area contributed by atoms with Crippen molar-refractivity contribution in [1.29, 1.82) is 0 Å². The van der Waals surface area contributed by atoms with Gasteiger partial charge in [-0.1, -0.05) is 13.0 Å². The van der Waals surface area contributed by atoms with Crippen molar-refractivity contribution < 1.29 is 47.3 Å². The molecule has 1 aromatic heterocycles. The van der Waals surface area contributed by atoms with Crippen molar-refractivity contribution in [3.8, 4) is 5.75 Å². The number of halogens is 1. The molecule has 6 rings (SSSR count). The third-order valence-corrected chi connectivity index (χ3v) is 11.7. The van der Waals surface area contributed by atoms with Crippen molar-refractivity contribution in [2.75, 3.05) is 78.2 Å². The van der Waals surface area contributed by atoms with E-state index in [4.69, 9.17) is 18.9 Å². The lowest BCUT2D eigenvalue weighted by Gasteiger charge is -2.29. The Morgan fingerprint density at radius 3 is 2.50 bits per heavy atom. The average Bonchev–Trinajstić information content (AvgIpc) is 3.52. The number of aromatic amines is 1. The van der Waals surface area contributed by atoms with Gasteiger partial charge in [-0.25, -0.2) is 9.37 Å². The van der Waals surface area contributed by atoms with E-state index >= 15 is 0 Å². The predicted molar refractivity (Wildman–Crippen MR) is 224 cm³/mol. The summed E-state index contributed by atoms with van der Waals surface area (Å²) in [5.74, 6) is -0.161. The van der Waals surface area contributed by atoms with Crippen LogP contribution in [-0.4, -0.2) is 134 Å². The van der Waals surface area contributed by atoms with Crippen LogP contribution in [0.15, 0.2) is 35.1 Å². The molecule has 326 valence electrons. The van der Waals surface area contributed by atoms with Gasteiger partial charge in [0.2, 0.25) is 12.3 Å². The first-order valence-corrected chi connectivity index (χ1v) is 21.5. The van der Waals surface area contributed by atoms with Crippen LogP contribution in [0.1, 0.15) is 78.4 Å². The molecule has 3 N–H and O–H groups in total. The third kappa shape index (κ3) is 12.8. The van der Waals surface area contributed by atoms with Gasteiger partial charge in [-0.05, 0) is 56.6 Å². The number of thioether (sulfide) groups is 1. The second-order valence-electron chi connectivity index (χ2n) is 14.6. The topological polar surface area (TPSA) is 199 Å². The van der Waals surface area contributed by atoms with Crippen molar-refractivity contribution >= 4 is 58.8 Å². The number of piperidine rings is 1. The van der Waals surface area contributed by atoms with Crippen LogP contribution in [0.5, 0.6) is 5.75 Å². The van der Waals surface area contributed by atoms with Gasteiger partial charge in [0, 0.05) is 76.0 Å². The van der Waals surface area contributed by atoms with Gasteiger partial charge in [0.15, 0.2) is 0 Å². The number of hydrogen-bond acceptors (Lipinski definition) is 13. The van der Waals surface area contributed by atoms with E-state index in [1.807, 2.05) is 6.92 Å². The maximum Gasteiger partial charge on any atom is 0.264 e. The number of carbonyl (C=O) groups is 5. The Hall–Kier alpha value is -4.91. The van der Waals surface area contributed by atoms with Gasteiger partial charge in [0.25, 0.3) is 17.4 Å². The molecule has 2 aromatic carbocycles. The number of nitrogens with one attached hydrogen (secondary N) is 3. The van der Waals surface area contributed by atoms with Gasteiger partial charge in [-0.2, -0.15) is 11.8 Å². The summed E-state index contributed by atoms with van der Waals surface area (Å²) in [4.78, 5) is 81.8. The second kappa shape index (κ2) is 23.8. The number of rotatable bonds is 21. The predicted octanol–water partition coefficient (Wildman–Crippen LogP) is 3.95. The van der Waals surface area contributed by atoms with Crippen LogP contribution in [-0.2, 0) is 34.3 Å². The fourth-order valence-electron chi connectivity index (χ4n) is 7.02. The Balaban J connectivity index is 0.000000228. The van der Waals surface area contributed by atoms with E-state index in [9.17, 15) is 33.2 Å². The van der Waals surface area contributed by atoms with Crippen molar-refractivity contribution in [2.24, 2.45) is 5.92 Å². The highest BCUT2D eigenvalue weighted by Crippen LogP contribution is 2.31. The molecule has 0 radical (unpaired) electrons. The number of benzene rings is 2. The van der Waals surface area contributed by atoms with Gasteiger partial charge in [-0.3, -0.25) is 28.9 Å². The van der Waals surface area contributed by atoms with Gasteiger partial charge in [0.1, 0.15) is 29.1 Å². The Morgan fingerprint density at radius 1 is 1.05 bits per heavy atom. The Labute approximate surface area is 352 Å². The summed E-state index contributed by atoms with van der Waals surface area (Å²) in [5.41, 5.74) is 0.835. The molecule has 1 unspecified atom stereocenters. The van der Waals surface area contributed by atoms with Gasteiger partial charge in [-0.15, -0.1) is 0 Å². The zero-order valence-corrected chi connectivity index (χ0v) is 35.0. The number of aromatic nitrogens is 2. The largest absolute Gasteiger partial charge is 0.493 e. The van der Waals surface area contributed by atoms with Crippen molar-refractivity contribution in [1.82, 2.24) is 25.1 Å². The lowest BCUT2D eigenvalue weighted by molar-refractivity contribution is -0.121. The molecular formula is C42H55FN6O10S. The maximum atomic E-state index is 14.6. The molecule has 0 aliphatic carbocycles. The molecule has 3 aliphatic heterocycles. The number of anilines is 1. The molecule has 4 amide bonds. The summed E-state index contributed by atoms with van der Waals surface area (Å²) in [7, 11) is 1.49. The lowest BCUT2D eigenvalue weighted by atomic mass is 9.98. The van der Waals surface area contributed by atoms with Crippen LogP contribution in [0.2, 0.25) is 0 Å². The van der Waals surface area contributed by atoms with Crippen LogP contribution >= 0.6 is 11.8 Å². The van der Waals surface area contributed by atoms with Crippen LogP contribution in [0.25, 0.3) is 10.9 Å². The average molecular weight is 855 g/mol. The number of imide groups is 1. The number of hydrogen-bond donors (Lipinski definition) is 3. The number of ether oxygens (including phenoxy) is 4. The number of aldehydes is 1. The highest BCUT2D eigenvalue weighted by Gasteiger charge is 2.41. The number of likely N-dealkylation sites (tertiary alicyclic amines) is 1. The monoisotopic (exact) mass is 854 g/mol. The number of nitrogens with zero attached hydrogens (tertiary/aromatic N) is 3. The van der Waals surface area contributed by atoms with Crippen molar-refractivity contribution in [3.05, 3.63) is 63.5 Å². The minimum Gasteiger partial charge on any atom is -0.493 e. The molecule has 1 atom stereocenters. The first-order valence-electron chi connectivity index (χ1n) is 20.5. The molecule has 0 bridgehead atoms. The molecule has 60 heavy (non-hydrogen) atoms. The van der Waals surface area contributed by atoms with E-state index in [2.05, 4.69) is 20.6 Å². The summed E-state index contributed by atoms with van der Waals surface area (Å²) in [6, 6.07) is 6.83. The highest BCUT2D eigenvalue weighted by molar-refractivity contribution is 7.99. The molecular weight excluding hydrogens is 800 g/mol. The summed E-state index contributed by atoms with van der Waals surface area (Å²) in [6.07, 6.45) is 6.18. The first-order chi connectivity index (χ1) is 29.2. The molecule has 4 heterocycles. The van der Waals surface area contributed by atoms with Gasteiger partial charge < -0.3 is 44.3 Å². The fourth-order valence-corrected chi connectivity index (χ4v) is 8.07. The lowest BCUT2D eigenvalue weighted by Crippen LogP contribution is -2.41. The van der Waals surface area contributed by atoms with E-state index in [0.717, 1.165) is 56.6 Å². The molecule has 18 heteroatoms. The zero-order chi connectivity index (χ0) is 42.9. The summed E-state index contributed by atoms with van der Waals surface area (Å²) >= 11 is 1.74. The molecule has 16 nitrogen and oxygen atoms in total. The summed E-state index contributed by atoms with van der Waals surface area (Å²) in [6.45, 7) is 8.01. The minimum atomic E-state index is -0.992. The van der Waals surface area contributed by atoms with E-state index in [-0.39, 0.29) is 35.3 Å². The maximum absolute atomic E-state index is 14.6. The van der Waals surface area contributed by atoms with Crippen LogP contribution < -0.4 is 20.9 Å². The molecule has 3 aliphatic rings. The number of fused-ring (bicyclic) bond motifs is 2. The Bertz CT molecular complexity index is 1990. The van der Waals surface area contributed by atoms with Crippen molar-refractivity contribution in [3.63, 3.8) is 0 Å². The Kier molecular flexibility index (Phi) is 18.3. The fraction of sp³-hybridized carbons (Fsp3) is 0.548. The number of amides is 4. The summed E-state index contributed by atoms with van der Waals surface area (Å²) in [5, 5.41) is 6.02. The molecule has 3 aromatic rings. The highest BCUT2D eigenvalue weighted by atomic mass is 32.2. The standard InChI is InChI=1S/C21H26FN3O4S.C21H29N3O6/c22-17-9-15(29-11-14-1-5-25(13-26)6-2-14)10-18-20(17)21(27)24-19(23-18)12-30-16-3-7-28-8-4-16;1-3-10-29-12-13-30-11-9-23-17-6-4-5-16-19(17)21(28)24(20(16)27)15(14-25)7-8-18(26)22-2/h9-10,13-14,16H,1-8,11-12H2,(H,23,24,27);4-6,14-15,23H,3,7-13H2,1-2H3,(H,22,26). The SMILES string of the molecule is CCCOCCOCCNc1cccc2c1C(=O)N(C(C=O)CCC(=O)NC)C2=O.O=CN1CCC(COc2cc(F)c3c(=O)[nH]c(CSC4CCOCC4)nc3c2)CC1. The smallest absolute Gasteiger partial charge is 0.264 e. The second-order valence-corrected chi connectivity index (χ2v) is 15.9. The number of carbonyl (C=O) groups excluding carboxylic acids is 5. The van der Waals surface area contributed by atoms with E-state index in [1.54, 1.807) is 40.9 Å². The molecule has 2 saturated heterocycles. The van der Waals surface area contributed by atoms with Crippen LogP contribution in [0.3, 0.4) is 0 Å². The molecule has 2 fully saturated rings. The summed E-state index contributed by atoms with van der Waals surface area (Å²) < 4.78 is 36.6. The van der Waals surface area contributed by atoms with E-state index in [0.29, 0.717) is 98.7 Å². The van der Waals surface area contributed by atoms with Crippen LogP contribution in [0.4, 0.5) is 10.1 Å². The number of H-pyrrole nitrogens is 1. The Morgan fingerprint density at radius 2 is 1.80 bits per heavy atom. The first kappa shape index (κ1) is 46.2.